The van der Waals surface area contributed by atoms with Crippen LogP contribution >= 0.6 is 24.8 Å². The predicted molar refractivity (Wildman–Crippen MR) is 206 cm³/mol. The van der Waals surface area contributed by atoms with Gasteiger partial charge in [-0.05, 0) is 75.9 Å². The molecule has 6 N–H and O–H groups in total. The zero-order valence-corrected chi connectivity index (χ0v) is 31.4. The van der Waals surface area contributed by atoms with Crippen LogP contribution in [0.2, 0.25) is 0 Å². The van der Waals surface area contributed by atoms with E-state index in [1.165, 1.54) is 49.7 Å². The van der Waals surface area contributed by atoms with Gasteiger partial charge in [-0.3, -0.25) is 0 Å². The standard InChI is InChI=1S/2C17H27NO2.C4H10O.2ClH/c2*1-3-4-5-6-14-7-9-15(10-8-14)11-12-17(20)16(13-19)18-2;1-3-5-4-2;;/h2*7-12,16-20H,3-6,13H2,1-2H3;3-4H2,1-2H3;2*1H/b2*12-11+;;;/t16?,17-;16-,17+;;;/m01.../s1. The first-order valence-corrected chi connectivity index (χ1v) is 16.9. The molecule has 0 aliphatic heterocycles. The highest BCUT2D eigenvalue weighted by Gasteiger charge is 2.13. The van der Waals surface area contributed by atoms with Crippen LogP contribution in [0.15, 0.2) is 60.7 Å². The summed E-state index contributed by atoms with van der Waals surface area (Å²) < 4.78 is 4.83. The van der Waals surface area contributed by atoms with Crippen LogP contribution in [0.4, 0.5) is 0 Å². The van der Waals surface area contributed by atoms with E-state index in [1.54, 1.807) is 26.2 Å². The first kappa shape index (κ1) is 49.6. The molecule has 2 aromatic rings. The van der Waals surface area contributed by atoms with Crippen molar-refractivity contribution in [3.05, 3.63) is 82.9 Å². The van der Waals surface area contributed by atoms with Crippen molar-refractivity contribution in [1.82, 2.24) is 10.6 Å². The summed E-state index contributed by atoms with van der Waals surface area (Å²) in [5.41, 5.74) is 4.85. The average molecular weight is 702 g/mol. The molecule has 47 heavy (non-hydrogen) atoms. The van der Waals surface area contributed by atoms with Crippen molar-refractivity contribution in [2.75, 3.05) is 40.5 Å². The Morgan fingerprint density at radius 2 is 0.936 bits per heavy atom. The van der Waals surface area contributed by atoms with Crippen molar-refractivity contribution in [3.8, 4) is 0 Å². The van der Waals surface area contributed by atoms with Gasteiger partial charge in [0.2, 0.25) is 0 Å². The molecule has 272 valence electrons. The zero-order chi connectivity index (χ0) is 33.7. The molecule has 0 aliphatic carbocycles. The lowest BCUT2D eigenvalue weighted by molar-refractivity contribution is 0.128. The van der Waals surface area contributed by atoms with Crippen LogP contribution in [0.3, 0.4) is 0 Å². The van der Waals surface area contributed by atoms with E-state index in [0.717, 1.165) is 37.2 Å². The molecule has 4 atom stereocenters. The molecule has 0 saturated heterocycles. The third-order valence-corrected chi connectivity index (χ3v) is 7.44. The van der Waals surface area contributed by atoms with E-state index in [-0.39, 0.29) is 50.1 Å². The fourth-order valence-corrected chi connectivity index (χ4v) is 4.38. The van der Waals surface area contributed by atoms with Gasteiger partial charge in [0.1, 0.15) is 0 Å². The van der Waals surface area contributed by atoms with E-state index < -0.39 is 12.2 Å². The molecule has 0 spiro atoms. The van der Waals surface area contributed by atoms with Crippen LogP contribution in [0.5, 0.6) is 0 Å². The summed E-state index contributed by atoms with van der Waals surface area (Å²) in [5.74, 6) is 0. The molecule has 0 bridgehead atoms. The quantitative estimate of drug-likeness (QED) is 0.0860. The minimum atomic E-state index is -0.686. The molecular weight excluding hydrogens is 635 g/mol. The number of aliphatic hydroxyl groups is 4. The van der Waals surface area contributed by atoms with Crippen molar-refractivity contribution < 1.29 is 25.2 Å². The Morgan fingerprint density at radius 3 is 1.17 bits per heavy atom. The third-order valence-electron chi connectivity index (χ3n) is 7.44. The molecule has 0 amide bonds. The SMILES string of the molecule is CCCCCc1ccc(/C=C/[C@H](O)C(CO)NC)cc1.CCCCCc1ccc(/C=C/[C@H](O)[C@@H](CO)NC)cc1.CCOCC.Cl.Cl. The Balaban J connectivity index is -0.000000694. The normalized spacial score (nSPS) is 13.3. The molecule has 1 unspecified atom stereocenters. The van der Waals surface area contributed by atoms with Gasteiger partial charge >= 0.3 is 0 Å². The first-order valence-electron chi connectivity index (χ1n) is 16.9. The second-order valence-corrected chi connectivity index (χ2v) is 11.0. The molecule has 0 fully saturated rings. The van der Waals surface area contributed by atoms with Crippen molar-refractivity contribution in [2.45, 2.75) is 103 Å². The van der Waals surface area contributed by atoms with Crippen LogP contribution in [-0.2, 0) is 17.6 Å². The monoisotopic (exact) mass is 700 g/mol. The molecule has 0 heterocycles. The number of aryl methyl sites for hydroxylation is 2. The number of rotatable bonds is 20. The molecule has 9 heteroatoms. The Bertz CT molecular complexity index is 903. The van der Waals surface area contributed by atoms with Gasteiger partial charge in [-0.1, -0.05) is 112 Å². The van der Waals surface area contributed by atoms with Gasteiger partial charge in [0, 0.05) is 13.2 Å². The zero-order valence-electron chi connectivity index (χ0n) is 29.7. The van der Waals surface area contributed by atoms with Gasteiger partial charge in [0.05, 0.1) is 37.5 Å². The lowest BCUT2D eigenvalue weighted by Crippen LogP contribution is -2.39. The molecule has 2 aromatic carbocycles. The molecule has 0 radical (unpaired) electrons. The highest BCUT2D eigenvalue weighted by atomic mass is 35.5. The number of benzene rings is 2. The Hall–Kier alpha value is -1.78. The Morgan fingerprint density at radius 1 is 0.596 bits per heavy atom. The van der Waals surface area contributed by atoms with Crippen molar-refractivity contribution >= 4 is 37.0 Å². The molecule has 7 nitrogen and oxygen atoms in total. The van der Waals surface area contributed by atoms with E-state index in [0.29, 0.717) is 0 Å². The average Bonchev–Trinajstić information content (AvgIpc) is 3.06. The summed E-state index contributed by atoms with van der Waals surface area (Å²) in [6, 6.07) is 16.2. The predicted octanol–water partition coefficient (Wildman–Crippen LogP) is 6.63. The highest BCUT2D eigenvalue weighted by Crippen LogP contribution is 2.12. The summed E-state index contributed by atoms with van der Waals surface area (Å²) in [5, 5.41) is 43.6. The number of aliphatic hydroxyl groups excluding tert-OH is 4. The van der Waals surface area contributed by atoms with Crippen LogP contribution in [0, 0.1) is 0 Å². The maximum absolute atomic E-state index is 9.86. The largest absolute Gasteiger partial charge is 0.395 e. The molecule has 0 saturated carbocycles. The number of nitrogens with one attached hydrogen (secondary N) is 2. The minimum Gasteiger partial charge on any atom is -0.395 e. The third kappa shape index (κ3) is 24.9. The van der Waals surface area contributed by atoms with Gasteiger partial charge in [-0.25, -0.2) is 0 Å². The Kier molecular flexibility index (Phi) is 36.0. The summed E-state index contributed by atoms with van der Waals surface area (Å²) in [7, 11) is 3.45. The smallest absolute Gasteiger partial charge is 0.0899 e. The summed E-state index contributed by atoms with van der Waals surface area (Å²) in [6.07, 6.45) is 15.6. The molecule has 0 aliphatic rings. The number of halogens is 2. The van der Waals surface area contributed by atoms with Crippen molar-refractivity contribution in [1.29, 1.82) is 0 Å². The summed E-state index contributed by atoms with van der Waals surface area (Å²) >= 11 is 0. The highest BCUT2D eigenvalue weighted by molar-refractivity contribution is 5.85. The number of ether oxygens (including phenoxy) is 1. The second kappa shape index (κ2) is 34.1. The Labute approximate surface area is 298 Å². The van der Waals surface area contributed by atoms with E-state index in [2.05, 4.69) is 73.0 Å². The van der Waals surface area contributed by atoms with Crippen molar-refractivity contribution in [2.24, 2.45) is 0 Å². The fraction of sp³-hybridized carbons (Fsp3) is 0.579. The molecule has 2 rings (SSSR count). The van der Waals surface area contributed by atoms with Crippen LogP contribution in [0.1, 0.15) is 88.5 Å². The second-order valence-electron chi connectivity index (χ2n) is 11.0. The van der Waals surface area contributed by atoms with E-state index in [4.69, 9.17) is 14.9 Å². The van der Waals surface area contributed by atoms with Crippen LogP contribution < -0.4 is 10.6 Å². The summed E-state index contributed by atoms with van der Waals surface area (Å²) in [6.45, 7) is 9.92. The van der Waals surface area contributed by atoms with Crippen LogP contribution in [0.25, 0.3) is 12.2 Å². The maximum atomic E-state index is 9.86. The number of hydrogen-bond acceptors (Lipinski definition) is 7. The first-order chi connectivity index (χ1) is 21.8. The van der Waals surface area contributed by atoms with Crippen molar-refractivity contribution in [3.63, 3.8) is 0 Å². The maximum Gasteiger partial charge on any atom is 0.0899 e. The summed E-state index contributed by atoms with van der Waals surface area (Å²) in [4.78, 5) is 0. The molecule has 0 aromatic heterocycles. The molecular formula is C38H66Cl2N2O5. The van der Waals surface area contributed by atoms with Gasteiger partial charge in [-0.2, -0.15) is 0 Å². The minimum absolute atomic E-state index is 0. The number of unbranched alkanes of at least 4 members (excludes halogenated alkanes) is 4. The van der Waals surface area contributed by atoms with Gasteiger partial charge in [0.25, 0.3) is 0 Å². The van der Waals surface area contributed by atoms with E-state index in [9.17, 15) is 10.2 Å². The lowest BCUT2D eigenvalue weighted by atomic mass is 10.0. The number of hydrogen-bond donors (Lipinski definition) is 6. The van der Waals surface area contributed by atoms with E-state index >= 15 is 0 Å². The topological polar surface area (TPSA) is 114 Å². The van der Waals surface area contributed by atoms with Gasteiger partial charge < -0.3 is 35.8 Å². The fourth-order valence-electron chi connectivity index (χ4n) is 4.38. The van der Waals surface area contributed by atoms with Crippen LogP contribution in [-0.4, -0.2) is 85.2 Å². The van der Waals surface area contributed by atoms with Gasteiger partial charge in [-0.15, -0.1) is 24.8 Å². The van der Waals surface area contributed by atoms with E-state index in [1.807, 2.05) is 26.0 Å². The lowest BCUT2D eigenvalue weighted by Gasteiger charge is -2.16. The number of likely N-dealkylation sites (N-methyl/N-ethyl adjacent to an activating group) is 2. The van der Waals surface area contributed by atoms with Gasteiger partial charge in [0.15, 0.2) is 0 Å².